The number of rotatable bonds is 3. The van der Waals surface area contributed by atoms with Crippen molar-refractivity contribution in [3.05, 3.63) is 10.6 Å². The highest BCUT2D eigenvalue weighted by Gasteiger charge is 2.28. The van der Waals surface area contributed by atoms with Gasteiger partial charge in [-0.25, -0.2) is 4.98 Å². The van der Waals surface area contributed by atoms with Crippen molar-refractivity contribution in [2.24, 2.45) is 0 Å². The second-order valence-electron chi connectivity index (χ2n) is 6.33. The van der Waals surface area contributed by atoms with Crippen LogP contribution in [0.4, 0.5) is 5.13 Å². The zero-order chi connectivity index (χ0) is 14.0. The molecule has 19 heavy (non-hydrogen) atoms. The molecule has 108 valence electrons. The van der Waals surface area contributed by atoms with E-state index in [-0.39, 0.29) is 0 Å². The van der Waals surface area contributed by atoms with E-state index >= 15 is 0 Å². The van der Waals surface area contributed by atoms with Crippen LogP contribution in [0.5, 0.6) is 0 Å². The number of hydrogen-bond acceptors (Lipinski definition) is 4. The summed E-state index contributed by atoms with van der Waals surface area (Å²) in [7, 11) is 0. The lowest BCUT2D eigenvalue weighted by Gasteiger charge is -2.19. The van der Waals surface area contributed by atoms with Gasteiger partial charge < -0.3 is 10.0 Å². The van der Waals surface area contributed by atoms with Crippen LogP contribution < -0.4 is 4.90 Å². The van der Waals surface area contributed by atoms with Crippen LogP contribution in [0.1, 0.15) is 69.9 Å². The quantitative estimate of drug-likeness (QED) is 0.914. The first-order valence-electron chi connectivity index (χ1n) is 7.38. The number of aromatic nitrogens is 1. The van der Waals surface area contributed by atoms with Crippen molar-refractivity contribution in [2.45, 2.75) is 64.9 Å². The third kappa shape index (κ3) is 3.48. The molecule has 1 aliphatic rings. The van der Waals surface area contributed by atoms with Gasteiger partial charge in [-0.05, 0) is 32.6 Å². The van der Waals surface area contributed by atoms with E-state index < -0.39 is 5.60 Å². The Balaban J connectivity index is 2.31. The second-order valence-corrected chi connectivity index (χ2v) is 7.30. The van der Waals surface area contributed by atoms with E-state index in [1.807, 2.05) is 13.8 Å². The Kier molecular flexibility index (Phi) is 4.51. The fourth-order valence-electron chi connectivity index (χ4n) is 2.55. The molecule has 0 bridgehead atoms. The lowest BCUT2D eigenvalue weighted by Crippen LogP contribution is -2.23. The lowest BCUT2D eigenvalue weighted by atomic mass is 10.0. The minimum Gasteiger partial charge on any atom is -0.385 e. The van der Waals surface area contributed by atoms with Crippen molar-refractivity contribution in [2.75, 3.05) is 18.0 Å². The molecule has 2 heterocycles. The number of anilines is 1. The van der Waals surface area contributed by atoms with Gasteiger partial charge in [0.05, 0.1) is 16.2 Å². The first kappa shape index (κ1) is 14.8. The van der Waals surface area contributed by atoms with Crippen LogP contribution in [0.2, 0.25) is 0 Å². The van der Waals surface area contributed by atoms with Crippen LogP contribution in [0.15, 0.2) is 0 Å². The van der Waals surface area contributed by atoms with Crippen molar-refractivity contribution in [3.63, 3.8) is 0 Å². The van der Waals surface area contributed by atoms with E-state index in [1.165, 1.54) is 25.7 Å². The molecule has 0 radical (unpaired) electrons. The largest absolute Gasteiger partial charge is 0.385 e. The summed E-state index contributed by atoms with van der Waals surface area (Å²) in [4.78, 5) is 8.26. The van der Waals surface area contributed by atoms with E-state index in [9.17, 15) is 5.11 Å². The van der Waals surface area contributed by atoms with Gasteiger partial charge >= 0.3 is 0 Å². The fourth-order valence-corrected chi connectivity index (χ4v) is 3.82. The molecule has 0 amide bonds. The maximum absolute atomic E-state index is 10.3. The van der Waals surface area contributed by atoms with Gasteiger partial charge in [0.25, 0.3) is 0 Å². The lowest BCUT2D eigenvalue weighted by molar-refractivity contribution is 0.0811. The summed E-state index contributed by atoms with van der Waals surface area (Å²) >= 11 is 1.68. The maximum atomic E-state index is 10.3. The molecule has 1 saturated heterocycles. The zero-order valence-electron chi connectivity index (χ0n) is 12.6. The predicted octanol–water partition coefficient (Wildman–Crippen LogP) is 3.87. The van der Waals surface area contributed by atoms with Gasteiger partial charge in [-0.3, -0.25) is 0 Å². The fraction of sp³-hybridized carbons (Fsp3) is 0.800. The summed E-state index contributed by atoms with van der Waals surface area (Å²) in [5.41, 5.74) is 0.276. The smallest absolute Gasteiger partial charge is 0.185 e. The van der Waals surface area contributed by atoms with Crippen molar-refractivity contribution < 1.29 is 5.11 Å². The Morgan fingerprint density at radius 1 is 1.16 bits per heavy atom. The maximum Gasteiger partial charge on any atom is 0.185 e. The van der Waals surface area contributed by atoms with Crippen LogP contribution in [0.25, 0.3) is 0 Å². The van der Waals surface area contributed by atoms with Gasteiger partial charge in [-0.2, -0.15) is 0 Å². The zero-order valence-corrected chi connectivity index (χ0v) is 13.4. The summed E-state index contributed by atoms with van der Waals surface area (Å²) in [5, 5.41) is 11.4. The summed E-state index contributed by atoms with van der Waals surface area (Å²) in [6, 6.07) is 0. The molecule has 1 aliphatic heterocycles. The van der Waals surface area contributed by atoms with Crippen LogP contribution in [-0.4, -0.2) is 23.2 Å². The van der Waals surface area contributed by atoms with Gasteiger partial charge in [0.1, 0.15) is 0 Å². The third-order valence-electron chi connectivity index (χ3n) is 3.62. The van der Waals surface area contributed by atoms with Crippen LogP contribution in [0.3, 0.4) is 0 Å². The normalized spacial score (nSPS) is 17.9. The molecule has 0 aromatic carbocycles. The van der Waals surface area contributed by atoms with Gasteiger partial charge in [0.15, 0.2) is 5.13 Å². The van der Waals surface area contributed by atoms with E-state index in [0.717, 1.165) is 28.8 Å². The van der Waals surface area contributed by atoms with E-state index in [0.29, 0.717) is 5.92 Å². The molecule has 3 nitrogen and oxygen atoms in total. The standard InChI is InChI=1S/C15H26N2OS/c1-11(2)12-13(15(3,4)18)19-14(16-12)17-9-7-5-6-8-10-17/h11,18H,5-10H2,1-4H3. The highest BCUT2D eigenvalue weighted by Crippen LogP contribution is 2.38. The van der Waals surface area contributed by atoms with Gasteiger partial charge in [0, 0.05) is 13.1 Å². The Hall–Kier alpha value is -0.610. The second kappa shape index (κ2) is 5.80. The molecule has 0 aliphatic carbocycles. The average molecular weight is 282 g/mol. The molecule has 1 aromatic heterocycles. The van der Waals surface area contributed by atoms with E-state index in [2.05, 4.69) is 18.7 Å². The summed E-state index contributed by atoms with van der Waals surface area (Å²) in [5.74, 6) is 0.360. The Labute approximate surface area is 120 Å². The van der Waals surface area contributed by atoms with Crippen LogP contribution in [-0.2, 0) is 5.60 Å². The molecule has 0 spiro atoms. The van der Waals surface area contributed by atoms with E-state index in [4.69, 9.17) is 4.98 Å². The molecule has 4 heteroatoms. The molecule has 0 atom stereocenters. The third-order valence-corrected chi connectivity index (χ3v) is 5.07. The number of thiazole rings is 1. The summed E-state index contributed by atoms with van der Waals surface area (Å²) in [6.07, 6.45) is 5.18. The molecule has 1 aromatic rings. The van der Waals surface area contributed by atoms with Crippen LogP contribution in [0, 0.1) is 0 Å². The highest BCUT2D eigenvalue weighted by molar-refractivity contribution is 7.15. The SMILES string of the molecule is CC(C)c1nc(N2CCCCCC2)sc1C(C)(C)O. The average Bonchev–Trinajstić information content (AvgIpc) is 2.60. The molecular weight excluding hydrogens is 256 g/mol. The molecular formula is C15H26N2OS. The highest BCUT2D eigenvalue weighted by atomic mass is 32.1. The molecule has 1 N–H and O–H groups in total. The molecule has 2 rings (SSSR count). The van der Waals surface area contributed by atoms with Gasteiger partial charge in [0.2, 0.25) is 0 Å². The molecule has 1 fully saturated rings. The first-order chi connectivity index (χ1) is 8.89. The molecule has 0 saturated carbocycles. The van der Waals surface area contributed by atoms with Crippen molar-refractivity contribution in [1.29, 1.82) is 0 Å². The number of aliphatic hydroxyl groups is 1. The minimum atomic E-state index is -0.790. The van der Waals surface area contributed by atoms with Gasteiger partial charge in [-0.1, -0.05) is 38.0 Å². The Morgan fingerprint density at radius 3 is 2.16 bits per heavy atom. The monoisotopic (exact) mass is 282 g/mol. The number of nitrogens with zero attached hydrogens (tertiary/aromatic N) is 2. The number of hydrogen-bond donors (Lipinski definition) is 1. The topological polar surface area (TPSA) is 36.4 Å². The van der Waals surface area contributed by atoms with Crippen molar-refractivity contribution in [1.82, 2.24) is 4.98 Å². The Bertz CT molecular complexity index is 412. The first-order valence-corrected chi connectivity index (χ1v) is 8.20. The summed E-state index contributed by atoms with van der Waals surface area (Å²) in [6.45, 7) is 10.2. The minimum absolute atomic E-state index is 0.360. The van der Waals surface area contributed by atoms with E-state index in [1.54, 1.807) is 11.3 Å². The predicted molar refractivity (Wildman–Crippen MR) is 82.1 cm³/mol. The van der Waals surface area contributed by atoms with Crippen LogP contribution >= 0.6 is 11.3 Å². The molecule has 0 unspecified atom stereocenters. The van der Waals surface area contributed by atoms with Gasteiger partial charge in [-0.15, -0.1) is 0 Å². The Morgan fingerprint density at radius 2 is 1.74 bits per heavy atom. The van der Waals surface area contributed by atoms with Crippen molar-refractivity contribution >= 4 is 16.5 Å². The van der Waals surface area contributed by atoms with Crippen molar-refractivity contribution in [3.8, 4) is 0 Å². The summed E-state index contributed by atoms with van der Waals surface area (Å²) < 4.78 is 0.